The summed E-state index contributed by atoms with van der Waals surface area (Å²) < 4.78 is 27.6. The minimum absolute atomic E-state index is 0.0256. The number of aromatic carboxylic acids is 1. The first kappa shape index (κ1) is 37.4. The molecule has 0 radical (unpaired) electrons. The number of nitrogens with zero attached hydrogens (tertiary/aromatic N) is 5. The lowest BCUT2D eigenvalue weighted by molar-refractivity contribution is 0.0698. The number of halogens is 2. The van der Waals surface area contributed by atoms with Crippen LogP contribution in [-0.4, -0.2) is 66.6 Å². The number of hydrogen-bond donors (Lipinski definition) is 5. The van der Waals surface area contributed by atoms with Gasteiger partial charge in [0.05, 0.1) is 42.3 Å². The molecule has 0 saturated carbocycles. The molecule has 3 heterocycles. The van der Waals surface area contributed by atoms with Crippen molar-refractivity contribution < 1.29 is 18.7 Å². The summed E-state index contributed by atoms with van der Waals surface area (Å²) in [6.45, 7) is 4.88. The third-order valence-corrected chi connectivity index (χ3v) is 9.84. The number of pyridine rings is 1. The van der Waals surface area contributed by atoms with E-state index in [1.807, 2.05) is 36.7 Å². The Bertz CT molecular complexity index is 2670. The maximum absolute atomic E-state index is 14.0. The van der Waals surface area contributed by atoms with Crippen LogP contribution in [0.2, 0.25) is 0 Å². The molecule has 13 heteroatoms. The largest absolute Gasteiger partial charge is 0.478 e. The standard InChI is InChI=1S/C23H15F2NO2.C22H22N8/c1-13-21(23(27)28)18-12-16(24)10-11-20(18)26-22(13)15-8-6-14(7-9-15)17-4-2-3-5-19(17)25;1-2-6-16-15(5-1)19(13-27-29-21-23-9-10-24-21)17-7-3-4-8-18(17)20(16)14-28-30-22-25-11-12-26-22/h2-12H,1H3,(H,27,28);1-8,13-14H,9-12H2,(H2,23,24,29)(H2,25,26,30)/b;27-13+,28-14+. The summed E-state index contributed by atoms with van der Waals surface area (Å²) in [6.07, 6.45) is 3.73. The summed E-state index contributed by atoms with van der Waals surface area (Å²) in [5, 5.41) is 29.5. The van der Waals surface area contributed by atoms with Gasteiger partial charge in [-0.05, 0) is 63.9 Å². The molecule has 2 aliphatic heterocycles. The van der Waals surface area contributed by atoms with E-state index >= 15 is 0 Å². The Morgan fingerprint density at radius 2 is 1.21 bits per heavy atom. The van der Waals surface area contributed by atoms with E-state index < -0.39 is 11.8 Å². The molecule has 0 unspecified atom stereocenters. The van der Waals surface area contributed by atoms with Crippen molar-refractivity contribution >= 4 is 62.8 Å². The number of benzene rings is 6. The number of rotatable bonds is 7. The second-order valence-electron chi connectivity index (χ2n) is 13.5. The van der Waals surface area contributed by atoms with Gasteiger partial charge in [0.15, 0.2) is 0 Å². The van der Waals surface area contributed by atoms with Crippen LogP contribution in [-0.2, 0) is 0 Å². The SMILES string of the molecule is C(=N\NC1=NCCN1)/c1c2ccccc2c(/C=N/NC2=NCCN2)c2ccccc12.Cc1c(-c2ccc(-c3ccccc3F)cc2)nc2ccc(F)cc2c1C(=O)O. The van der Waals surface area contributed by atoms with Crippen LogP contribution in [0.3, 0.4) is 0 Å². The first-order valence-electron chi connectivity index (χ1n) is 18.6. The van der Waals surface area contributed by atoms with Gasteiger partial charge in [0.2, 0.25) is 11.9 Å². The molecule has 7 aromatic rings. The summed E-state index contributed by atoms with van der Waals surface area (Å²) in [7, 11) is 0. The minimum atomic E-state index is -1.14. The summed E-state index contributed by atoms with van der Waals surface area (Å²) >= 11 is 0. The Hall–Kier alpha value is -7.54. The highest BCUT2D eigenvalue weighted by atomic mass is 19.1. The molecule has 0 atom stereocenters. The van der Waals surface area contributed by atoms with Gasteiger partial charge in [0, 0.05) is 40.7 Å². The molecule has 58 heavy (non-hydrogen) atoms. The van der Waals surface area contributed by atoms with Crippen molar-refractivity contribution in [2.75, 3.05) is 26.2 Å². The molecule has 5 N–H and O–H groups in total. The van der Waals surface area contributed by atoms with Gasteiger partial charge >= 0.3 is 5.97 Å². The number of nitrogens with one attached hydrogen (secondary N) is 4. The highest BCUT2D eigenvalue weighted by molar-refractivity contribution is 6.21. The van der Waals surface area contributed by atoms with Crippen LogP contribution >= 0.6 is 0 Å². The van der Waals surface area contributed by atoms with Crippen LogP contribution in [0.5, 0.6) is 0 Å². The second-order valence-corrected chi connectivity index (χ2v) is 13.5. The highest BCUT2D eigenvalue weighted by Gasteiger charge is 2.19. The van der Waals surface area contributed by atoms with E-state index in [1.165, 1.54) is 24.3 Å². The molecule has 288 valence electrons. The van der Waals surface area contributed by atoms with Crippen LogP contribution < -0.4 is 21.5 Å². The lowest BCUT2D eigenvalue weighted by atomic mass is 9.92. The molecular formula is C45H37F2N9O2. The van der Waals surface area contributed by atoms with Crippen LogP contribution in [0, 0.1) is 18.6 Å². The molecule has 0 amide bonds. The first-order chi connectivity index (χ1) is 28.4. The Labute approximate surface area is 332 Å². The van der Waals surface area contributed by atoms with Gasteiger partial charge in [-0.3, -0.25) is 0 Å². The van der Waals surface area contributed by atoms with Crippen molar-refractivity contribution in [1.29, 1.82) is 0 Å². The number of hydrogen-bond acceptors (Lipinski definition) is 10. The van der Waals surface area contributed by atoms with Crippen molar-refractivity contribution in [3.05, 3.63) is 149 Å². The summed E-state index contributed by atoms with van der Waals surface area (Å²) in [4.78, 5) is 25.0. The molecule has 11 nitrogen and oxygen atoms in total. The third kappa shape index (κ3) is 7.78. The zero-order valence-electron chi connectivity index (χ0n) is 31.3. The van der Waals surface area contributed by atoms with E-state index in [4.69, 9.17) is 0 Å². The number of carboxylic acid groups (broad SMARTS) is 1. The lowest BCUT2D eigenvalue weighted by Crippen LogP contribution is -2.30. The zero-order valence-corrected chi connectivity index (χ0v) is 31.3. The average molecular weight is 774 g/mol. The topological polar surface area (TPSA) is 148 Å². The highest BCUT2D eigenvalue weighted by Crippen LogP contribution is 2.33. The predicted octanol–water partition coefficient (Wildman–Crippen LogP) is 7.61. The Kier molecular flexibility index (Phi) is 10.7. The summed E-state index contributed by atoms with van der Waals surface area (Å²) in [6, 6.07) is 34.1. The zero-order chi connectivity index (χ0) is 40.0. The van der Waals surface area contributed by atoms with Crippen molar-refractivity contribution in [3.8, 4) is 22.4 Å². The molecule has 1 aromatic heterocycles. The number of aliphatic imine (C=N–C) groups is 2. The Balaban J connectivity index is 0.000000162. The first-order valence-corrected chi connectivity index (χ1v) is 18.6. The van der Waals surface area contributed by atoms with Gasteiger partial charge in [-0.15, -0.1) is 0 Å². The lowest BCUT2D eigenvalue weighted by Gasteiger charge is -2.13. The van der Waals surface area contributed by atoms with Crippen molar-refractivity contribution in [1.82, 2.24) is 26.5 Å². The predicted molar refractivity (Wildman–Crippen MR) is 228 cm³/mol. The Morgan fingerprint density at radius 1 is 0.690 bits per heavy atom. The van der Waals surface area contributed by atoms with Gasteiger partial charge in [-0.25, -0.2) is 39.4 Å². The van der Waals surface area contributed by atoms with E-state index in [1.54, 1.807) is 49.4 Å². The second kappa shape index (κ2) is 16.7. The van der Waals surface area contributed by atoms with Gasteiger partial charge in [-0.2, -0.15) is 10.2 Å². The van der Waals surface area contributed by atoms with Crippen molar-refractivity contribution in [2.45, 2.75) is 6.92 Å². The van der Waals surface area contributed by atoms with Crippen LogP contribution in [0.1, 0.15) is 27.0 Å². The molecule has 0 spiro atoms. The van der Waals surface area contributed by atoms with Crippen LogP contribution in [0.4, 0.5) is 8.78 Å². The fourth-order valence-corrected chi connectivity index (χ4v) is 7.13. The van der Waals surface area contributed by atoms with Crippen LogP contribution in [0.15, 0.2) is 135 Å². The van der Waals surface area contributed by atoms with Gasteiger partial charge < -0.3 is 15.7 Å². The molecule has 0 bridgehead atoms. The van der Waals surface area contributed by atoms with E-state index in [9.17, 15) is 18.7 Å². The molecule has 2 aliphatic rings. The summed E-state index contributed by atoms with van der Waals surface area (Å²) in [5.41, 5.74) is 11.4. The van der Waals surface area contributed by atoms with Crippen molar-refractivity contribution in [2.24, 2.45) is 20.2 Å². The quantitative estimate of drug-likeness (QED) is 0.0637. The monoisotopic (exact) mass is 773 g/mol. The number of fused-ring (bicyclic) bond motifs is 3. The average Bonchev–Trinajstić information content (AvgIpc) is 3.97. The van der Waals surface area contributed by atoms with E-state index in [0.717, 1.165) is 58.9 Å². The van der Waals surface area contributed by atoms with Crippen molar-refractivity contribution in [3.63, 3.8) is 0 Å². The van der Waals surface area contributed by atoms with Gasteiger partial charge in [0.1, 0.15) is 11.6 Å². The van der Waals surface area contributed by atoms with Crippen LogP contribution in [0.25, 0.3) is 54.8 Å². The molecule has 6 aromatic carbocycles. The summed E-state index contributed by atoms with van der Waals surface area (Å²) in [5.74, 6) is -0.556. The number of guanidine groups is 2. The number of aromatic nitrogens is 1. The fourth-order valence-electron chi connectivity index (χ4n) is 7.13. The van der Waals surface area contributed by atoms with Gasteiger partial charge in [0.25, 0.3) is 0 Å². The normalized spacial score (nSPS) is 13.6. The molecule has 0 aliphatic carbocycles. The fraction of sp³-hybridized carbons (Fsp3) is 0.111. The molecule has 9 rings (SSSR count). The number of carbonyl (C=O) groups is 1. The van der Waals surface area contributed by atoms with E-state index in [-0.39, 0.29) is 16.8 Å². The molecule has 0 fully saturated rings. The smallest absolute Gasteiger partial charge is 0.336 e. The maximum atomic E-state index is 14.0. The van der Waals surface area contributed by atoms with Gasteiger partial charge in [-0.1, -0.05) is 91.0 Å². The maximum Gasteiger partial charge on any atom is 0.336 e. The number of hydrazone groups is 2. The van der Waals surface area contributed by atoms with E-state index in [2.05, 4.69) is 70.9 Å². The molecular weight excluding hydrogens is 737 g/mol. The minimum Gasteiger partial charge on any atom is -0.478 e. The molecule has 0 saturated heterocycles. The third-order valence-electron chi connectivity index (χ3n) is 9.84. The number of carboxylic acids is 1. The Morgan fingerprint density at radius 3 is 1.71 bits per heavy atom. The van der Waals surface area contributed by atoms with E-state index in [0.29, 0.717) is 45.4 Å².